The summed E-state index contributed by atoms with van der Waals surface area (Å²) in [5.41, 5.74) is 2.86. The number of aliphatic hydroxyl groups is 1. The van der Waals surface area contributed by atoms with Crippen LogP contribution in [-0.4, -0.2) is 20.2 Å². The topological polar surface area (TPSA) is 92.0 Å². The first-order valence-electron chi connectivity index (χ1n) is 7.86. The second-order valence-corrected chi connectivity index (χ2v) is 6.00. The van der Waals surface area contributed by atoms with Crippen molar-refractivity contribution in [2.45, 2.75) is 38.2 Å². The molecule has 0 amide bonds. The van der Waals surface area contributed by atoms with Gasteiger partial charge in [0.05, 0.1) is 6.61 Å². The molecule has 0 unspecified atom stereocenters. The van der Waals surface area contributed by atoms with Crippen LogP contribution in [0.3, 0.4) is 0 Å². The largest absolute Gasteiger partial charge is 0.392 e. The Balaban J connectivity index is 1.84. The molecule has 6 nitrogen and oxygen atoms in total. The first-order chi connectivity index (χ1) is 11.3. The first kappa shape index (κ1) is 14.1. The summed E-state index contributed by atoms with van der Waals surface area (Å²) in [6.45, 7) is -0.0132. The maximum atomic E-state index is 12.3. The summed E-state index contributed by atoms with van der Waals surface area (Å²) < 4.78 is 5.23. The minimum atomic E-state index is -0.312. The van der Waals surface area contributed by atoms with Gasteiger partial charge in [-0.2, -0.15) is 0 Å². The Morgan fingerprint density at radius 1 is 1.22 bits per heavy atom. The molecule has 0 bridgehead atoms. The Hall–Kier alpha value is -2.47. The van der Waals surface area contributed by atoms with E-state index in [1.54, 1.807) is 0 Å². The van der Waals surface area contributed by atoms with Gasteiger partial charge in [0.15, 0.2) is 0 Å². The van der Waals surface area contributed by atoms with Crippen molar-refractivity contribution in [2.24, 2.45) is 0 Å². The molecule has 2 N–H and O–H groups in total. The third kappa shape index (κ3) is 2.45. The van der Waals surface area contributed by atoms with E-state index in [-0.39, 0.29) is 17.7 Å². The number of rotatable bonds is 3. The molecular weight excluding hydrogens is 294 g/mol. The Morgan fingerprint density at radius 3 is 2.65 bits per heavy atom. The van der Waals surface area contributed by atoms with Gasteiger partial charge >= 0.3 is 0 Å². The average molecular weight is 311 g/mol. The van der Waals surface area contributed by atoms with Crippen molar-refractivity contribution in [1.29, 1.82) is 0 Å². The Morgan fingerprint density at radius 2 is 1.96 bits per heavy atom. The second-order valence-electron chi connectivity index (χ2n) is 6.00. The van der Waals surface area contributed by atoms with Gasteiger partial charge in [0.1, 0.15) is 17.0 Å². The second kappa shape index (κ2) is 5.62. The first-order valence-corrected chi connectivity index (χ1v) is 7.86. The Bertz CT molecular complexity index is 890. The van der Waals surface area contributed by atoms with Crippen molar-refractivity contribution >= 4 is 11.1 Å². The SMILES string of the molecule is O=c1[nH]c(-c2ccc(CO)cc2)nc2c(C3CCCC3)noc12. The van der Waals surface area contributed by atoms with Crippen LogP contribution in [0.4, 0.5) is 0 Å². The standard InChI is InChI=1S/C17H17N3O3/c21-9-10-5-7-12(8-6-10)16-18-14-13(11-3-1-2-4-11)20-23-15(14)17(22)19-16/h5-8,11,21H,1-4,9H2,(H,18,19,22). The molecule has 1 aliphatic carbocycles. The summed E-state index contributed by atoms with van der Waals surface area (Å²) in [6, 6.07) is 7.28. The summed E-state index contributed by atoms with van der Waals surface area (Å²) >= 11 is 0. The zero-order chi connectivity index (χ0) is 15.8. The number of nitrogens with one attached hydrogen (secondary N) is 1. The van der Waals surface area contributed by atoms with Gasteiger partial charge < -0.3 is 14.6 Å². The minimum absolute atomic E-state index is 0.0132. The molecule has 0 radical (unpaired) electrons. The molecule has 2 heterocycles. The predicted molar refractivity (Wildman–Crippen MR) is 85.0 cm³/mol. The number of fused-ring (bicyclic) bond motifs is 1. The highest BCUT2D eigenvalue weighted by Crippen LogP contribution is 2.36. The summed E-state index contributed by atoms with van der Waals surface area (Å²) in [7, 11) is 0. The number of aliphatic hydroxyl groups excluding tert-OH is 1. The van der Waals surface area contributed by atoms with Crippen molar-refractivity contribution in [2.75, 3.05) is 0 Å². The van der Waals surface area contributed by atoms with Crippen molar-refractivity contribution in [3.63, 3.8) is 0 Å². The number of hydrogen-bond acceptors (Lipinski definition) is 5. The summed E-state index contributed by atoms with van der Waals surface area (Å²) in [4.78, 5) is 19.6. The molecule has 6 heteroatoms. The molecule has 4 rings (SSSR count). The molecule has 118 valence electrons. The van der Waals surface area contributed by atoms with E-state index in [0.29, 0.717) is 17.3 Å². The number of aromatic amines is 1. The van der Waals surface area contributed by atoms with Crippen LogP contribution in [0, 0.1) is 0 Å². The summed E-state index contributed by atoms with van der Waals surface area (Å²) in [5, 5.41) is 13.2. The van der Waals surface area contributed by atoms with E-state index in [0.717, 1.165) is 29.7 Å². The molecule has 2 aromatic heterocycles. The van der Waals surface area contributed by atoms with Gasteiger partial charge in [0, 0.05) is 11.5 Å². The van der Waals surface area contributed by atoms with Crippen molar-refractivity contribution < 1.29 is 9.63 Å². The van der Waals surface area contributed by atoms with E-state index < -0.39 is 0 Å². The smallest absolute Gasteiger partial charge is 0.297 e. The highest BCUT2D eigenvalue weighted by atomic mass is 16.5. The maximum Gasteiger partial charge on any atom is 0.297 e. The number of nitrogens with zero attached hydrogens (tertiary/aromatic N) is 2. The van der Waals surface area contributed by atoms with E-state index in [4.69, 9.17) is 9.63 Å². The van der Waals surface area contributed by atoms with E-state index in [9.17, 15) is 4.79 Å². The van der Waals surface area contributed by atoms with Crippen LogP contribution in [0.5, 0.6) is 0 Å². The fourth-order valence-corrected chi connectivity index (χ4v) is 3.23. The molecule has 1 aliphatic rings. The number of aromatic nitrogens is 3. The van der Waals surface area contributed by atoms with Gasteiger partial charge in [-0.05, 0) is 18.4 Å². The fourth-order valence-electron chi connectivity index (χ4n) is 3.23. The quantitative estimate of drug-likeness (QED) is 0.776. The van der Waals surface area contributed by atoms with Gasteiger partial charge in [-0.1, -0.05) is 42.3 Å². The van der Waals surface area contributed by atoms with Gasteiger partial charge in [-0.3, -0.25) is 4.79 Å². The number of H-pyrrole nitrogens is 1. The molecule has 1 fully saturated rings. The third-order valence-electron chi connectivity index (χ3n) is 4.51. The van der Waals surface area contributed by atoms with E-state index in [2.05, 4.69) is 15.1 Å². The van der Waals surface area contributed by atoms with E-state index >= 15 is 0 Å². The molecule has 1 saturated carbocycles. The van der Waals surface area contributed by atoms with Crippen molar-refractivity contribution in [3.05, 3.63) is 45.9 Å². The van der Waals surface area contributed by atoms with Crippen LogP contribution < -0.4 is 5.56 Å². The van der Waals surface area contributed by atoms with Crippen LogP contribution in [0.1, 0.15) is 42.9 Å². The zero-order valence-corrected chi connectivity index (χ0v) is 12.6. The fraction of sp³-hybridized carbons (Fsp3) is 0.353. The van der Waals surface area contributed by atoms with Crippen LogP contribution in [0.15, 0.2) is 33.6 Å². The van der Waals surface area contributed by atoms with E-state index in [1.807, 2.05) is 24.3 Å². The van der Waals surface area contributed by atoms with Gasteiger partial charge in [-0.15, -0.1) is 0 Å². The summed E-state index contributed by atoms with van der Waals surface area (Å²) in [6.07, 6.45) is 4.49. The minimum Gasteiger partial charge on any atom is -0.392 e. The van der Waals surface area contributed by atoms with Crippen LogP contribution >= 0.6 is 0 Å². The third-order valence-corrected chi connectivity index (χ3v) is 4.51. The van der Waals surface area contributed by atoms with Gasteiger partial charge in [0.2, 0.25) is 5.58 Å². The molecule has 1 aromatic carbocycles. The number of benzene rings is 1. The molecule has 23 heavy (non-hydrogen) atoms. The molecular formula is C17H17N3O3. The van der Waals surface area contributed by atoms with Gasteiger partial charge in [-0.25, -0.2) is 4.98 Å². The normalized spacial score (nSPS) is 15.5. The van der Waals surface area contributed by atoms with Crippen LogP contribution in [0.25, 0.3) is 22.5 Å². The summed E-state index contributed by atoms with van der Waals surface area (Å²) in [5.74, 6) is 0.824. The number of hydrogen-bond donors (Lipinski definition) is 2. The highest BCUT2D eigenvalue weighted by Gasteiger charge is 2.25. The average Bonchev–Trinajstić information content (AvgIpc) is 3.24. The van der Waals surface area contributed by atoms with E-state index in [1.165, 1.54) is 12.8 Å². The lowest BCUT2D eigenvalue weighted by Gasteiger charge is -2.05. The predicted octanol–water partition coefficient (Wildman–Crippen LogP) is 2.73. The van der Waals surface area contributed by atoms with Crippen molar-refractivity contribution in [1.82, 2.24) is 15.1 Å². The lowest BCUT2D eigenvalue weighted by molar-refractivity contribution is 0.282. The van der Waals surface area contributed by atoms with Crippen molar-refractivity contribution in [3.8, 4) is 11.4 Å². The Labute approximate surface area is 132 Å². The van der Waals surface area contributed by atoms with Gasteiger partial charge in [0.25, 0.3) is 5.56 Å². The molecule has 0 spiro atoms. The monoisotopic (exact) mass is 311 g/mol. The molecule has 3 aromatic rings. The lowest BCUT2D eigenvalue weighted by atomic mass is 10.0. The van der Waals surface area contributed by atoms with Crippen LogP contribution in [-0.2, 0) is 6.61 Å². The molecule has 0 saturated heterocycles. The maximum absolute atomic E-state index is 12.3. The van der Waals surface area contributed by atoms with Crippen LogP contribution in [0.2, 0.25) is 0 Å². The zero-order valence-electron chi connectivity index (χ0n) is 12.6. The molecule has 0 aliphatic heterocycles. The molecule has 0 atom stereocenters. The highest BCUT2D eigenvalue weighted by molar-refractivity contribution is 5.76. The lowest BCUT2D eigenvalue weighted by Crippen LogP contribution is -2.09. The Kier molecular flexibility index (Phi) is 3.46.